The van der Waals surface area contributed by atoms with Crippen LogP contribution in [0.4, 0.5) is 132 Å². The second-order valence-corrected chi connectivity index (χ2v) is 27.3. The largest absolute Gasteiger partial charge is 1.00 e. The molecule has 2 aliphatic rings. The molecule has 0 radical (unpaired) electrons. The van der Waals surface area contributed by atoms with E-state index >= 15 is 0 Å². The number of hydrogen-bond acceptors (Lipinski definition) is 16. The molecule has 0 spiro atoms. The monoisotopic (exact) mass is 1680 g/mol. The summed E-state index contributed by atoms with van der Waals surface area (Å²) in [4.78, 5) is 0. The Morgan fingerprint density at radius 1 is 0.333 bits per heavy atom. The summed E-state index contributed by atoms with van der Waals surface area (Å²) in [6, 6.07) is 0. The molecule has 2 saturated heterocycles. The van der Waals surface area contributed by atoms with Crippen LogP contribution >= 0.6 is 0 Å². The molecule has 2 aliphatic heterocycles. The summed E-state index contributed by atoms with van der Waals surface area (Å²) < 4.78 is 538. The first-order valence-electron chi connectivity index (χ1n) is 14.5. The Kier molecular flexibility index (Phi) is 32.4. The van der Waals surface area contributed by atoms with Crippen LogP contribution in [0.1, 0.15) is 0 Å². The van der Waals surface area contributed by atoms with Crippen LogP contribution in [0.3, 0.4) is 0 Å². The van der Waals surface area contributed by atoms with E-state index in [1.165, 1.54) is 0 Å². The molecule has 0 aromatic heterocycles. The van der Waals surface area contributed by atoms with Gasteiger partial charge in [-0.2, -0.15) is 132 Å². The zero-order chi connectivity index (χ0) is 61.8. The van der Waals surface area contributed by atoms with Crippen molar-refractivity contribution in [3.63, 3.8) is 0 Å². The first-order chi connectivity index (χ1) is 30.8. The Balaban J connectivity index is -0.000000219. The Labute approximate surface area is 615 Å². The molecule has 62 heteroatoms. The zero-order valence-corrected chi connectivity index (χ0v) is 61.5. The molecule has 0 unspecified atom stereocenters. The average molecular weight is 1680 g/mol. The molecule has 2 fully saturated rings. The van der Waals surface area contributed by atoms with Crippen LogP contribution in [0.15, 0.2) is 0 Å². The molecule has 0 saturated carbocycles. The number of hydrogen-bond donors (Lipinski definition) is 4. The van der Waals surface area contributed by atoms with Crippen molar-refractivity contribution >= 4 is 80.2 Å². The molecule has 0 bridgehead atoms. The van der Waals surface area contributed by atoms with Gasteiger partial charge in [0.1, 0.15) is 0 Å². The van der Waals surface area contributed by atoms with Crippen molar-refractivity contribution in [3.8, 4) is 0 Å². The van der Waals surface area contributed by atoms with Crippen molar-refractivity contribution in [1.82, 2.24) is 16.5 Å². The van der Waals surface area contributed by atoms with E-state index in [2.05, 4.69) is 0 Å². The van der Waals surface area contributed by atoms with Gasteiger partial charge in [-0.25, -0.2) is 67.3 Å². The van der Waals surface area contributed by atoms with E-state index in [0.29, 0.717) is 0 Å². The predicted molar refractivity (Wildman–Crippen MR) is 167 cm³/mol. The molecular formula is C16H10Cs2F30K2N4O16S8+4. The molecule has 2 rings (SSSR count). The summed E-state index contributed by atoms with van der Waals surface area (Å²) in [6.45, 7) is 0. The van der Waals surface area contributed by atoms with E-state index < -0.39 is 160 Å². The smallest absolute Gasteiger partial charge is 0.212 e. The van der Waals surface area contributed by atoms with Crippen LogP contribution in [0.2, 0.25) is 0 Å². The Hall–Kier alpha value is 4.72. The Morgan fingerprint density at radius 3 is 0.590 bits per heavy atom. The normalized spacial score (nSPS) is 22.3. The van der Waals surface area contributed by atoms with E-state index in [1.54, 1.807) is 0 Å². The number of halogens is 30. The first-order valence-corrected chi connectivity index (χ1v) is 27.2. The molecule has 0 aromatic rings. The molecule has 0 amide bonds. The second-order valence-electron chi connectivity index (χ2n) is 12.4. The fraction of sp³-hybridized carbons (Fsp3) is 1.00. The third-order valence-electron chi connectivity index (χ3n) is 6.68. The van der Waals surface area contributed by atoms with Gasteiger partial charge in [-0.15, -0.1) is 8.25 Å². The van der Waals surface area contributed by atoms with E-state index in [9.17, 15) is 199 Å². The Bertz CT molecular complexity index is 2810. The van der Waals surface area contributed by atoms with E-state index in [4.69, 9.17) is 0 Å². The summed E-state index contributed by atoms with van der Waals surface area (Å²) in [5.41, 5.74) is 0. The standard InChI is InChI=1S/2C5H4F9NO4S2.2C3HF6NO4S2.2Cs.2K/c2*1-20(16,17)15-21(18,19)5(13,14)3(8,9)2(6,7)4(10,11)12;2*4-1(5)2(6,7)15(11,12)10-16(13,14)3(1,8)9;;;;/h2*15H,1H3;2*10H;;;;/q;;;;4*+1. The van der Waals surface area contributed by atoms with Gasteiger partial charge in [0.05, 0.1) is 12.5 Å². The van der Waals surface area contributed by atoms with Gasteiger partial charge in [0.2, 0.25) is 20.0 Å². The van der Waals surface area contributed by atoms with Crippen LogP contribution in [-0.2, 0) is 80.2 Å². The van der Waals surface area contributed by atoms with E-state index in [0.717, 1.165) is 0 Å². The zero-order valence-electron chi connectivity index (χ0n) is 36.1. The quantitative estimate of drug-likeness (QED) is 0.117. The van der Waals surface area contributed by atoms with Crippen molar-refractivity contribution in [1.29, 1.82) is 0 Å². The number of sulfonamides is 8. The molecule has 0 aliphatic carbocycles. The van der Waals surface area contributed by atoms with Gasteiger partial charge in [-0.05, 0) is 0 Å². The molecular weight excluding hydrogens is 1670 g/mol. The molecule has 20 nitrogen and oxygen atoms in total. The minimum absolute atomic E-state index is 0. The average Bonchev–Trinajstić information content (AvgIpc) is 3.06. The van der Waals surface area contributed by atoms with Crippen LogP contribution in [0, 0.1) is 0 Å². The summed E-state index contributed by atoms with van der Waals surface area (Å²) in [5, 5.41) is -39.1. The van der Waals surface area contributed by atoms with E-state index in [1.807, 2.05) is 0 Å². The first kappa shape index (κ1) is 93.9. The van der Waals surface area contributed by atoms with Gasteiger partial charge in [0.15, 0.2) is 0 Å². The molecule has 2 heterocycles. The van der Waals surface area contributed by atoms with Crippen molar-refractivity contribution in [2.45, 2.75) is 79.4 Å². The fourth-order valence-electron chi connectivity index (χ4n) is 3.07. The van der Waals surface area contributed by atoms with Gasteiger partial charge in [-0.1, -0.05) is 8.25 Å². The third-order valence-corrected chi connectivity index (χ3v) is 20.0. The summed E-state index contributed by atoms with van der Waals surface area (Å²) in [6.07, 6.45) is -14.7. The maximum atomic E-state index is 12.9. The Morgan fingerprint density at radius 2 is 0.474 bits per heavy atom. The van der Waals surface area contributed by atoms with Crippen molar-refractivity contribution in [2.75, 3.05) is 12.5 Å². The van der Waals surface area contributed by atoms with Crippen molar-refractivity contribution < 1.29 is 440 Å². The van der Waals surface area contributed by atoms with Crippen LogP contribution in [0.25, 0.3) is 0 Å². The third kappa shape index (κ3) is 17.2. The summed E-state index contributed by atoms with van der Waals surface area (Å²) in [5.74, 6) is -43.0. The number of rotatable bonds is 10. The van der Waals surface area contributed by atoms with Gasteiger partial charge in [-0.3, -0.25) is 0 Å². The van der Waals surface area contributed by atoms with Crippen molar-refractivity contribution in [2.24, 2.45) is 0 Å². The van der Waals surface area contributed by atoms with Gasteiger partial charge >= 0.3 is 320 Å². The van der Waals surface area contributed by atoms with E-state index in [-0.39, 0.29) is 270 Å². The van der Waals surface area contributed by atoms with Gasteiger partial charge in [0, 0.05) is 0 Å². The SMILES string of the molecule is CS(=O)(=O)NS(=O)(=O)C(F)(F)C(F)(F)C(F)(F)C(F)(F)F.CS(=O)(=O)NS(=O)(=O)C(F)(F)C(F)(F)C(F)(F)C(F)(F)F.O=S1(=O)NS(=O)(=O)C(F)(F)C(F)(F)C1(F)F.O=S1(=O)NS(=O)(=O)C(F)(F)C(F)(F)C1(F)F.[Cs+].[Cs+].[K+].[K+]. The van der Waals surface area contributed by atoms with Gasteiger partial charge < -0.3 is 0 Å². The molecule has 4 N–H and O–H groups in total. The second kappa shape index (κ2) is 26.9. The summed E-state index contributed by atoms with van der Waals surface area (Å²) >= 11 is 0. The van der Waals surface area contributed by atoms with Crippen LogP contribution < -0.4 is 257 Å². The van der Waals surface area contributed by atoms with Crippen molar-refractivity contribution in [3.05, 3.63) is 0 Å². The predicted octanol–water partition coefficient (Wildman–Crippen LogP) is -9.26. The summed E-state index contributed by atoms with van der Waals surface area (Å²) in [7, 11) is -50.4. The molecule has 0 atom stereocenters. The number of alkyl halides is 30. The fourth-order valence-corrected chi connectivity index (χ4v) is 14.0. The molecule has 0 aromatic carbocycles. The molecule has 448 valence electrons. The minimum atomic E-state index is -7.48. The molecule has 78 heavy (non-hydrogen) atoms. The van der Waals surface area contributed by atoms with Crippen LogP contribution in [0.5, 0.6) is 0 Å². The minimum Gasteiger partial charge on any atom is -0.212 e. The maximum absolute atomic E-state index is 12.9. The van der Waals surface area contributed by atoms with Crippen LogP contribution in [-0.4, -0.2) is 159 Å². The van der Waals surface area contributed by atoms with Gasteiger partial charge in [0.25, 0.3) is 60.1 Å². The maximum Gasteiger partial charge on any atom is 1.00 e. The topological polar surface area (TPSA) is 321 Å². The number of nitrogens with one attached hydrogen (secondary N) is 4.